The lowest BCUT2D eigenvalue weighted by atomic mass is 10.1. The Labute approximate surface area is 136 Å². The minimum atomic E-state index is -0.209. The van der Waals surface area contributed by atoms with E-state index in [2.05, 4.69) is 24.3 Å². The molecule has 5 heteroatoms. The third-order valence-corrected chi connectivity index (χ3v) is 3.87. The number of fused-ring (bicyclic) bond motifs is 1. The Hall–Kier alpha value is -2.17. The van der Waals surface area contributed by atoms with Crippen molar-refractivity contribution in [2.75, 3.05) is 6.54 Å². The second-order valence-corrected chi connectivity index (χ2v) is 5.74. The van der Waals surface area contributed by atoms with E-state index < -0.39 is 0 Å². The number of benzene rings is 1. The summed E-state index contributed by atoms with van der Waals surface area (Å²) in [5.41, 5.74) is 0.217. The van der Waals surface area contributed by atoms with Crippen LogP contribution < -0.4 is 10.9 Å². The van der Waals surface area contributed by atoms with Crippen LogP contribution in [0.4, 0.5) is 0 Å². The summed E-state index contributed by atoms with van der Waals surface area (Å²) in [6, 6.07) is 7.19. The van der Waals surface area contributed by atoms with Gasteiger partial charge in [-0.2, -0.15) is 5.10 Å². The summed E-state index contributed by atoms with van der Waals surface area (Å²) < 4.78 is 1.44. The lowest BCUT2D eigenvalue weighted by molar-refractivity contribution is 0.0947. The van der Waals surface area contributed by atoms with Gasteiger partial charge in [0.2, 0.25) is 0 Å². The number of nitrogens with zero attached hydrogens (tertiary/aromatic N) is 2. The lowest BCUT2D eigenvalue weighted by Crippen LogP contribution is -2.31. The van der Waals surface area contributed by atoms with Crippen molar-refractivity contribution in [2.45, 2.75) is 52.5 Å². The number of rotatable bonds is 8. The number of carbonyl (C=O) groups excluding carboxylic acids is 1. The van der Waals surface area contributed by atoms with Gasteiger partial charge in [-0.25, -0.2) is 4.68 Å². The third kappa shape index (κ3) is 4.18. The summed E-state index contributed by atoms with van der Waals surface area (Å²) in [4.78, 5) is 25.0. The average Bonchev–Trinajstić information content (AvgIpc) is 2.57. The van der Waals surface area contributed by atoms with E-state index in [1.165, 1.54) is 4.68 Å². The molecule has 124 valence electrons. The Morgan fingerprint density at radius 1 is 1.09 bits per heavy atom. The van der Waals surface area contributed by atoms with Crippen LogP contribution in [-0.2, 0) is 6.54 Å². The predicted molar refractivity (Wildman–Crippen MR) is 92.8 cm³/mol. The molecule has 0 fully saturated rings. The van der Waals surface area contributed by atoms with E-state index in [1.54, 1.807) is 12.1 Å². The molecular formula is C18H25N3O2. The number of hydrogen-bond acceptors (Lipinski definition) is 3. The maximum atomic E-state index is 12.5. The van der Waals surface area contributed by atoms with Gasteiger partial charge in [-0.05, 0) is 18.9 Å². The second kappa shape index (κ2) is 8.46. The summed E-state index contributed by atoms with van der Waals surface area (Å²) in [6.07, 6.45) is 4.95. The van der Waals surface area contributed by atoms with Crippen molar-refractivity contribution in [1.82, 2.24) is 15.1 Å². The molecule has 0 radical (unpaired) electrons. The molecule has 1 heterocycles. The maximum absolute atomic E-state index is 12.5. The molecule has 1 N–H and O–H groups in total. The summed E-state index contributed by atoms with van der Waals surface area (Å²) in [5, 5.41) is 8.41. The topological polar surface area (TPSA) is 64.0 Å². The van der Waals surface area contributed by atoms with E-state index in [9.17, 15) is 9.59 Å². The minimum absolute atomic E-state index is 0.123. The SMILES string of the molecule is CCCCCn1nc(C(=O)NCCCC)c2ccccc2c1=O. The Morgan fingerprint density at radius 2 is 1.78 bits per heavy atom. The lowest BCUT2D eigenvalue weighted by Gasteiger charge is -2.11. The van der Waals surface area contributed by atoms with Crippen LogP contribution in [0.25, 0.3) is 10.8 Å². The van der Waals surface area contributed by atoms with Gasteiger partial charge >= 0.3 is 0 Å². The van der Waals surface area contributed by atoms with Crippen molar-refractivity contribution in [2.24, 2.45) is 0 Å². The normalized spacial score (nSPS) is 10.9. The molecule has 0 aliphatic heterocycles. The molecular weight excluding hydrogens is 290 g/mol. The fourth-order valence-corrected chi connectivity index (χ4v) is 2.53. The van der Waals surface area contributed by atoms with E-state index in [0.29, 0.717) is 29.6 Å². The highest BCUT2D eigenvalue weighted by atomic mass is 16.2. The second-order valence-electron chi connectivity index (χ2n) is 5.74. The zero-order valence-corrected chi connectivity index (χ0v) is 14.0. The molecule has 23 heavy (non-hydrogen) atoms. The van der Waals surface area contributed by atoms with Crippen LogP contribution in [0.3, 0.4) is 0 Å². The first-order valence-corrected chi connectivity index (χ1v) is 8.47. The molecule has 5 nitrogen and oxygen atoms in total. The van der Waals surface area contributed by atoms with E-state index in [4.69, 9.17) is 0 Å². The molecule has 0 bridgehead atoms. The van der Waals surface area contributed by atoms with Crippen LogP contribution in [0.2, 0.25) is 0 Å². The van der Waals surface area contributed by atoms with E-state index in [0.717, 1.165) is 32.1 Å². The van der Waals surface area contributed by atoms with E-state index in [1.807, 2.05) is 12.1 Å². The Morgan fingerprint density at radius 3 is 2.48 bits per heavy atom. The molecule has 1 aromatic carbocycles. The summed E-state index contributed by atoms with van der Waals surface area (Å²) >= 11 is 0. The maximum Gasteiger partial charge on any atom is 0.274 e. The smallest absolute Gasteiger partial charge is 0.274 e. The standard InChI is InChI=1S/C18H25N3O2/c1-3-5-9-13-21-18(23)15-11-8-7-10-14(15)16(20-21)17(22)19-12-6-4-2/h7-8,10-11H,3-6,9,12-13H2,1-2H3,(H,19,22). The third-order valence-electron chi connectivity index (χ3n) is 3.87. The van der Waals surface area contributed by atoms with Crippen LogP contribution in [0, 0.1) is 0 Å². The van der Waals surface area contributed by atoms with Crippen molar-refractivity contribution in [3.63, 3.8) is 0 Å². The number of hydrogen-bond donors (Lipinski definition) is 1. The number of carbonyl (C=O) groups is 1. The highest BCUT2D eigenvalue weighted by Gasteiger charge is 2.15. The van der Waals surface area contributed by atoms with Crippen molar-refractivity contribution in [1.29, 1.82) is 0 Å². The molecule has 0 aliphatic carbocycles. The first-order chi connectivity index (χ1) is 11.2. The molecule has 0 spiro atoms. The number of aryl methyl sites for hydroxylation is 1. The number of amides is 1. The van der Waals surface area contributed by atoms with Gasteiger partial charge in [0.15, 0.2) is 5.69 Å². The van der Waals surface area contributed by atoms with Crippen molar-refractivity contribution in [3.05, 3.63) is 40.3 Å². The fourth-order valence-electron chi connectivity index (χ4n) is 2.53. The Kier molecular flexibility index (Phi) is 6.32. The quantitative estimate of drug-likeness (QED) is 0.761. The minimum Gasteiger partial charge on any atom is -0.351 e. The average molecular weight is 315 g/mol. The Balaban J connectivity index is 2.39. The molecule has 0 saturated heterocycles. The van der Waals surface area contributed by atoms with E-state index in [-0.39, 0.29) is 11.5 Å². The van der Waals surface area contributed by atoms with Crippen molar-refractivity contribution >= 4 is 16.7 Å². The van der Waals surface area contributed by atoms with Gasteiger partial charge in [-0.15, -0.1) is 0 Å². The number of nitrogens with one attached hydrogen (secondary N) is 1. The first-order valence-electron chi connectivity index (χ1n) is 8.47. The summed E-state index contributed by atoms with van der Waals surface area (Å²) in [5.74, 6) is -0.209. The summed E-state index contributed by atoms with van der Waals surface area (Å²) in [6.45, 7) is 5.37. The zero-order chi connectivity index (χ0) is 16.7. The molecule has 2 rings (SSSR count). The van der Waals surface area contributed by atoms with Gasteiger partial charge in [-0.3, -0.25) is 9.59 Å². The number of aromatic nitrogens is 2. The zero-order valence-electron chi connectivity index (χ0n) is 14.0. The summed E-state index contributed by atoms with van der Waals surface area (Å²) in [7, 11) is 0. The molecule has 0 unspecified atom stereocenters. The van der Waals surface area contributed by atoms with E-state index >= 15 is 0 Å². The van der Waals surface area contributed by atoms with Gasteiger partial charge in [0, 0.05) is 18.5 Å². The van der Waals surface area contributed by atoms with Crippen LogP contribution in [-0.4, -0.2) is 22.2 Å². The predicted octanol–water partition coefficient (Wildman–Crippen LogP) is 3.12. The highest BCUT2D eigenvalue weighted by molar-refractivity contribution is 6.04. The highest BCUT2D eigenvalue weighted by Crippen LogP contribution is 2.13. The van der Waals surface area contributed by atoms with Gasteiger partial charge < -0.3 is 5.32 Å². The van der Waals surface area contributed by atoms with Gasteiger partial charge in [0.1, 0.15) is 0 Å². The first kappa shape index (κ1) is 17.2. The number of unbranched alkanes of at least 4 members (excludes halogenated alkanes) is 3. The molecule has 0 aliphatic rings. The van der Waals surface area contributed by atoms with Crippen molar-refractivity contribution < 1.29 is 4.79 Å². The van der Waals surface area contributed by atoms with Gasteiger partial charge in [0.05, 0.1) is 5.39 Å². The molecule has 0 saturated carbocycles. The molecule has 2 aromatic rings. The van der Waals surface area contributed by atoms with Crippen molar-refractivity contribution in [3.8, 4) is 0 Å². The van der Waals surface area contributed by atoms with Crippen LogP contribution in [0.5, 0.6) is 0 Å². The largest absolute Gasteiger partial charge is 0.351 e. The molecule has 1 amide bonds. The fraction of sp³-hybridized carbons (Fsp3) is 0.500. The van der Waals surface area contributed by atoms with Crippen LogP contribution in [0.1, 0.15) is 56.4 Å². The van der Waals surface area contributed by atoms with Crippen LogP contribution >= 0.6 is 0 Å². The molecule has 0 atom stereocenters. The van der Waals surface area contributed by atoms with Gasteiger partial charge in [-0.1, -0.05) is 51.3 Å². The molecule has 1 aromatic heterocycles. The van der Waals surface area contributed by atoms with Gasteiger partial charge in [0.25, 0.3) is 11.5 Å². The Bertz CT molecular complexity index is 722. The van der Waals surface area contributed by atoms with Crippen LogP contribution in [0.15, 0.2) is 29.1 Å². The monoisotopic (exact) mass is 315 g/mol.